The first-order valence-corrected chi connectivity index (χ1v) is 7.16. The number of aromatic nitrogens is 1. The van der Waals surface area contributed by atoms with Crippen molar-refractivity contribution in [3.05, 3.63) is 35.9 Å². The third-order valence-electron chi connectivity index (χ3n) is 3.72. The molecular weight excluding hydrogens is 250 g/mol. The van der Waals surface area contributed by atoms with Gasteiger partial charge in [0.1, 0.15) is 5.82 Å². The SMILES string of the molecule is C[C@@H]1CN(c2nc3ccccc3cc2CN)C[C@H](C)O1. The number of fused-ring (bicyclic) bond motifs is 1. The summed E-state index contributed by atoms with van der Waals surface area (Å²) >= 11 is 0. The molecule has 2 aromatic rings. The van der Waals surface area contributed by atoms with Crippen LogP contribution in [0.25, 0.3) is 10.9 Å². The molecule has 1 saturated heterocycles. The van der Waals surface area contributed by atoms with E-state index in [4.69, 9.17) is 15.5 Å². The molecule has 2 N–H and O–H groups in total. The van der Waals surface area contributed by atoms with E-state index in [2.05, 4.69) is 30.9 Å². The van der Waals surface area contributed by atoms with Crippen LogP contribution in [0.15, 0.2) is 30.3 Å². The lowest BCUT2D eigenvalue weighted by atomic mass is 10.1. The lowest BCUT2D eigenvalue weighted by Crippen LogP contribution is -2.46. The lowest BCUT2D eigenvalue weighted by Gasteiger charge is -2.37. The molecular formula is C16H21N3O. The summed E-state index contributed by atoms with van der Waals surface area (Å²) < 4.78 is 5.80. The molecule has 2 atom stereocenters. The average molecular weight is 271 g/mol. The Balaban J connectivity index is 2.04. The first kappa shape index (κ1) is 13.3. The van der Waals surface area contributed by atoms with Crippen LogP contribution < -0.4 is 10.6 Å². The molecule has 0 saturated carbocycles. The van der Waals surface area contributed by atoms with Gasteiger partial charge in [-0.1, -0.05) is 18.2 Å². The molecule has 4 heteroatoms. The van der Waals surface area contributed by atoms with Crippen LogP contribution in [0, 0.1) is 0 Å². The number of pyridine rings is 1. The summed E-state index contributed by atoms with van der Waals surface area (Å²) in [4.78, 5) is 7.13. The standard InChI is InChI=1S/C16H21N3O/c1-11-9-19(10-12(2)20-11)16-14(8-17)7-13-5-3-4-6-15(13)18-16/h3-7,11-12H,8-10,17H2,1-2H3/t11-,12+. The molecule has 0 bridgehead atoms. The van der Waals surface area contributed by atoms with E-state index < -0.39 is 0 Å². The number of rotatable bonds is 2. The third-order valence-corrected chi connectivity index (χ3v) is 3.72. The Bertz CT molecular complexity index is 604. The van der Waals surface area contributed by atoms with Gasteiger partial charge in [0.05, 0.1) is 17.7 Å². The van der Waals surface area contributed by atoms with Gasteiger partial charge in [-0.3, -0.25) is 0 Å². The highest BCUT2D eigenvalue weighted by Crippen LogP contribution is 2.26. The molecule has 106 valence electrons. The maximum absolute atomic E-state index is 5.92. The Hall–Kier alpha value is -1.65. The topological polar surface area (TPSA) is 51.4 Å². The molecule has 0 radical (unpaired) electrons. The van der Waals surface area contributed by atoms with Gasteiger partial charge >= 0.3 is 0 Å². The molecule has 2 heterocycles. The first-order chi connectivity index (χ1) is 9.67. The van der Waals surface area contributed by atoms with E-state index in [1.54, 1.807) is 0 Å². The number of para-hydroxylation sites is 1. The zero-order valence-electron chi connectivity index (χ0n) is 12.0. The highest BCUT2D eigenvalue weighted by atomic mass is 16.5. The fourth-order valence-corrected chi connectivity index (χ4v) is 2.92. The summed E-state index contributed by atoms with van der Waals surface area (Å²) in [5, 5.41) is 1.14. The Morgan fingerprint density at radius 1 is 1.25 bits per heavy atom. The fourth-order valence-electron chi connectivity index (χ4n) is 2.92. The van der Waals surface area contributed by atoms with Gasteiger partial charge in [0.15, 0.2) is 0 Å². The molecule has 3 rings (SSSR count). The Kier molecular flexibility index (Phi) is 3.59. The van der Waals surface area contributed by atoms with Crippen LogP contribution in [-0.4, -0.2) is 30.3 Å². The van der Waals surface area contributed by atoms with Crippen LogP contribution in [-0.2, 0) is 11.3 Å². The zero-order chi connectivity index (χ0) is 14.1. The van der Waals surface area contributed by atoms with Crippen LogP contribution in [0.5, 0.6) is 0 Å². The summed E-state index contributed by atoms with van der Waals surface area (Å²) in [6, 6.07) is 10.3. The number of nitrogens with zero attached hydrogens (tertiary/aromatic N) is 2. The minimum atomic E-state index is 0.220. The molecule has 0 amide bonds. The summed E-state index contributed by atoms with van der Waals surface area (Å²) in [7, 11) is 0. The van der Waals surface area contributed by atoms with Crippen LogP contribution in [0.3, 0.4) is 0 Å². The summed E-state index contributed by atoms with van der Waals surface area (Å²) in [6.07, 6.45) is 0.440. The highest BCUT2D eigenvalue weighted by Gasteiger charge is 2.24. The molecule has 20 heavy (non-hydrogen) atoms. The van der Waals surface area contributed by atoms with Gasteiger partial charge in [-0.05, 0) is 26.0 Å². The summed E-state index contributed by atoms with van der Waals surface area (Å²) in [5.41, 5.74) is 8.04. The lowest BCUT2D eigenvalue weighted by molar-refractivity contribution is -0.00548. The number of morpholine rings is 1. The van der Waals surface area contributed by atoms with E-state index in [0.717, 1.165) is 35.4 Å². The number of ether oxygens (including phenoxy) is 1. The van der Waals surface area contributed by atoms with E-state index >= 15 is 0 Å². The van der Waals surface area contributed by atoms with Crippen molar-refractivity contribution >= 4 is 16.7 Å². The van der Waals surface area contributed by atoms with Crippen LogP contribution >= 0.6 is 0 Å². The van der Waals surface area contributed by atoms with Gasteiger partial charge in [-0.15, -0.1) is 0 Å². The zero-order valence-corrected chi connectivity index (χ0v) is 12.0. The number of nitrogens with two attached hydrogens (primary N) is 1. The predicted molar refractivity (Wildman–Crippen MR) is 81.9 cm³/mol. The molecule has 1 fully saturated rings. The quantitative estimate of drug-likeness (QED) is 0.910. The van der Waals surface area contributed by atoms with Crippen molar-refractivity contribution in [2.75, 3.05) is 18.0 Å². The minimum absolute atomic E-state index is 0.220. The number of hydrogen-bond donors (Lipinski definition) is 1. The Morgan fingerprint density at radius 3 is 2.65 bits per heavy atom. The predicted octanol–water partition coefficient (Wildman–Crippen LogP) is 2.31. The molecule has 0 unspecified atom stereocenters. The molecule has 0 spiro atoms. The first-order valence-electron chi connectivity index (χ1n) is 7.16. The molecule has 1 aromatic carbocycles. The summed E-state index contributed by atoms with van der Waals surface area (Å²) in [5.74, 6) is 1.01. The van der Waals surface area contributed by atoms with E-state index in [9.17, 15) is 0 Å². The highest BCUT2D eigenvalue weighted by molar-refractivity contribution is 5.81. The van der Waals surface area contributed by atoms with Gasteiger partial charge in [0.25, 0.3) is 0 Å². The molecule has 0 aliphatic carbocycles. The fraction of sp³-hybridized carbons (Fsp3) is 0.438. The van der Waals surface area contributed by atoms with Gasteiger partial charge in [0.2, 0.25) is 0 Å². The van der Waals surface area contributed by atoms with Gasteiger partial charge in [-0.25, -0.2) is 4.98 Å². The number of anilines is 1. The van der Waals surface area contributed by atoms with Gasteiger partial charge in [-0.2, -0.15) is 0 Å². The van der Waals surface area contributed by atoms with E-state index in [1.165, 1.54) is 0 Å². The Labute approximate surface area is 119 Å². The van der Waals surface area contributed by atoms with Crippen molar-refractivity contribution in [2.24, 2.45) is 5.73 Å². The van der Waals surface area contributed by atoms with Crippen LogP contribution in [0.2, 0.25) is 0 Å². The second-order valence-corrected chi connectivity index (χ2v) is 5.53. The number of benzene rings is 1. The van der Waals surface area contributed by atoms with Crippen LogP contribution in [0.4, 0.5) is 5.82 Å². The van der Waals surface area contributed by atoms with Crippen molar-refractivity contribution in [2.45, 2.75) is 32.6 Å². The van der Waals surface area contributed by atoms with Crippen molar-refractivity contribution in [3.8, 4) is 0 Å². The summed E-state index contributed by atoms with van der Waals surface area (Å²) in [6.45, 7) is 6.44. The second kappa shape index (κ2) is 5.38. The minimum Gasteiger partial charge on any atom is -0.372 e. The molecule has 4 nitrogen and oxygen atoms in total. The maximum Gasteiger partial charge on any atom is 0.133 e. The van der Waals surface area contributed by atoms with Gasteiger partial charge in [0, 0.05) is 30.6 Å². The van der Waals surface area contributed by atoms with E-state index in [0.29, 0.717) is 6.54 Å². The molecule has 1 aliphatic heterocycles. The Morgan fingerprint density at radius 2 is 1.95 bits per heavy atom. The average Bonchev–Trinajstić information content (AvgIpc) is 2.44. The second-order valence-electron chi connectivity index (χ2n) is 5.53. The van der Waals surface area contributed by atoms with Crippen molar-refractivity contribution in [3.63, 3.8) is 0 Å². The van der Waals surface area contributed by atoms with Crippen molar-refractivity contribution in [1.82, 2.24) is 4.98 Å². The normalized spacial score (nSPS) is 23.2. The van der Waals surface area contributed by atoms with Crippen molar-refractivity contribution in [1.29, 1.82) is 0 Å². The third kappa shape index (κ3) is 2.49. The van der Waals surface area contributed by atoms with Crippen LogP contribution in [0.1, 0.15) is 19.4 Å². The smallest absolute Gasteiger partial charge is 0.133 e. The van der Waals surface area contributed by atoms with Gasteiger partial charge < -0.3 is 15.4 Å². The van der Waals surface area contributed by atoms with Crippen molar-refractivity contribution < 1.29 is 4.74 Å². The maximum atomic E-state index is 5.92. The molecule has 1 aromatic heterocycles. The molecule has 1 aliphatic rings. The van der Waals surface area contributed by atoms with E-state index in [-0.39, 0.29) is 12.2 Å². The number of hydrogen-bond acceptors (Lipinski definition) is 4. The largest absolute Gasteiger partial charge is 0.372 e. The monoisotopic (exact) mass is 271 g/mol. The van der Waals surface area contributed by atoms with E-state index in [1.807, 2.05) is 18.2 Å².